The van der Waals surface area contributed by atoms with Crippen LogP contribution in [0.5, 0.6) is 0 Å². The molecule has 0 amide bonds. The molecule has 4 rings (SSSR count). The monoisotopic (exact) mass is 613 g/mol. The Hall–Kier alpha value is -3.79. The Kier molecular flexibility index (Phi) is 6.26. The number of nitro groups is 2. The van der Waals surface area contributed by atoms with Crippen LogP contribution in [0.2, 0.25) is 0 Å². The van der Waals surface area contributed by atoms with Crippen molar-refractivity contribution in [3.05, 3.63) is 92.5 Å². The maximum Gasteiger partial charge on any atom is 2.00 e. The topological polar surface area (TPSA) is 148 Å². The summed E-state index contributed by atoms with van der Waals surface area (Å²) in [7, 11) is 0. The third-order valence-electron chi connectivity index (χ3n) is 4.59. The van der Waals surface area contributed by atoms with Crippen molar-refractivity contribution in [1.29, 1.82) is 0 Å². The first-order valence-corrected chi connectivity index (χ1v) is 8.96. The molecular formula is C19H14N8O4Pt. The molecule has 0 radical (unpaired) electrons. The fourth-order valence-corrected chi connectivity index (χ4v) is 2.88. The number of pyridine rings is 2. The zero-order valence-corrected chi connectivity index (χ0v) is 18.9. The van der Waals surface area contributed by atoms with E-state index in [0.29, 0.717) is 23.0 Å². The standard InChI is InChI=1S/C19H14N8O4.Pt/c1-19(2,13-5-3-7-15(20-13)24-11-9-17(22-24)26(28)29)14-6-4-8-16(21-14)25-12-10-18(23-25)27(30)31;/h3-10H,1-2H3;/q-2;+2. The van der Waals surface area contributed by atoms with E-state index in [1.165, 1.54) is 21.5 Å². The molecule has 0 spiro atoms. The molecule has 12 nitrogen and oxygen atoms in total. The van der Waals surface area contributed by atoms with Crippen molar-refractivity contribution in [2.45, 2.75) is 19.3 Å². The molecule has 0 aliphatic rings. The minimum absolute atomic E-state index is 0. The second kappa shape index (κ2) is 8.75. The van der Waals surface area contributed by atoms with E-state index in [9.17, 15) is 20.2 Å². The van der Waals surface area contributed by atoms with Crippen LogP contribution < -0.4 is 0 Å². The SMILES string of the molecule is CC(C)(c1cccc(-n2[c-]cc([N+](=O)[O-])n2)n1)c1cccc(-n2[c-]cc([N+](=O)[O-])n2)n1.[Pt+2]. The molecule has 0 atom stereocenters. The van der Waals surface area contributed by atoms with Crippen LogP contribution >= 0.6 is 0 Å². The van der Waals surface area contributed by atoms with Gasteiger partial charge in [-0.15, -0.1) is 0 Å². The maximum atomic E-state index is 10.9. The molecule has 0 aromatic carbocycles. The van der Waals surface area contributed by atoms with Gasteiger partial charge in [-0.2, -0.15) is 0 Å². The minimum Gasteiger partial charge on any atom is -0.370 e. The van der Waals surface area contributed by atoms with Gasteiger partial charge in [0.1, 0.15) is 0 Å². The van der Waals surface area contributed by atoms with Gasteiger partial charge in [0.2, 0.25) is 0 Å². The summed E-state index contributed by atoms with van der Waals surface area (Å²) in [5.74, 6) is 0.0764. The van der Waals surface area contributed by atoms with E-state index in [2.05, 4.69) is 32.6 Å². The zero-order valence-electron chi connectivity index (χ0n) is 16.6. The Morgan fingerprint density at radius 2 is 1.22 bits per heavy atom. The van der Waals surface area contributed by atoms with Gasteiger partial charge in [-0.1, -0.05) is 46.2 Å². The van der Waals surface area contributed by atoms with E-state index in [0.717, 1.165) is 0 Å². The number of hydrogen-bond donors (Lipinski definition) is 0. The first-order chi connectivity index (χ1) is 14.8. The summed E-state index contributed by atoms with van der Waals surface area (Å²) in [6.45, 7) is 3.82. The Labute approximate surface area is 195 Å². The van der Waals surface area contributed by atoms with Crippen molar-refractivity contribution in [3.8, 4) is 11.6 Å². The van der Waals surface area contributed by atoms with E-state index >= 15 is 0 Å². The molecule has 0 aliphatic heterocycles. The van der Waals surface area contributed by atoms with Crippen molar-refractivity contribution in [2.75, 3.05) is 0 Å². The van der Waals surface area contributed by atoms with Crippen molar-refractivity contribution < 1.29 is 30.9 Å². The van der Waals surface area contributed by atoms with Crippen molar-refractivity contribution in [1.82, 2.24) is 29.5 Å². The molecule has 0 saturated heterocycles. The Bertz CT molecular complexity index is 1200. The summed E-state index contributed by atoms with van der Waals surface area (Å²) in [5, 5.41) is 29.5. The van der Waals surface area contributed by atoms with E-state index in [1.54, 1.807) is 36.4 Å². The van der Waals surface area contributed by atoms with Crippen molar-refractivity contribution >= 4 is 11.6 Å². The molecule has 0 N–H and O–H groups in total. The third-order valence-corrected chi connectivity index (χ3v) is 4.59. The summed E-state index contributed by atoms with van der Waals surface area (Å²) in [5.41, 5.74) is 0.595. The average Bonchev–Trinajstić information content (AvgIpc) is 3.44. The largest absolute Gasteiger partial charge is 2.00 e. The number of rotatable bonds is 6. The zero-order chi connectivity index (χ0) is 22.2. The molecule has 0 aliphatic carbocycles. The molecule has 32 heavy (non-hydrogen) atoms. The molecule has 0 unspecified atom stereocenters. The smallest absolute Gasteiger partial charge is 0.370 e. The van der Waals surface area contributed by atoms with E-state index < -0.39 is 15.3 Å². The van der Waals surface area contributed by atoms with Crippen LogP contribution in [0.3, 0.4) is 0 Å². The van der Waals surface area contributed by atoms with Crippen molar-refractivity contribution in [2.24, 2.45) is 0 Å². The van der Waals surface area contributed by atoms with E-state index in [1.807, 2.05) is 13.8 Å². The van der Waals surface area contributed by atoms with E-state index in [-0.39, 0.29) is 32.7 Å². The van der Waals surface area contributed by atoms with Crippen LogP contribution in [0.4, 0.5) is 11.6 Å². The number of aromatic nitrogens is 6. The second-order valence-corrected chi connectivity index (χ2v) is 6.99. The molecule has 4 aromatic rings. The van der Waals surface area contributed by atoms with Crippen LogP contribution in [0.1, 0.15) is 25.2 Å². The quantitative estimate of drug-likeness (QED) is 0.183. The first kappa shape index (κ1) is 22.9. The van der Waals surface area contributed by atoms with Gasteiger partial charge in [0.25, 0.3) is 11.6 Å². The fourth-order valence-electron chi connectivity index (χ4n) is 2.88. The predicted molar refractivity (Wildman–Crippen MR) is 106 cm³/mol. The fraction of sp³-hybridized carbons (Fsp3) is 0.158. The number of hydrogen-bond acceptors (Lipinski definition) is 8. The van der Waals surface area contributed by atoms with Gasteiger partial charge in [0, 0.05) is 16.8 Å². The van der Waals surface area contributed by atoms with Gasteiger partial charge in [0.15, 0.2) is 0 Å². The molecular weight excluding hydrogens is 599 g/mol. The van der Waals surface area contributed by atoms with Crippen molar-refractivity contribution in [3.63, 3.8) is 0 Å². The van der Waals surface area contributed by atoms with Crippen LogP contribution in [-0.2, 0) is 26.5 Å². The van der Waals surface area contributed by atoms with Gasteiger partial charge in [-0.25, -0.2) is 9.36 Å². The van der Waals surface area contributed by atoms with Gasteiger partial charge in [-0.05, 0) is 48.6 Å². The predicted octanol–water partition coefficient (Wildman–Crippen LogP) is 2.59. The Morgan fingerprint density at radius 1 is 0.812 bits per heavy atom. The molecule has 0 fully saturated rings. The van der Waals surface area contributed by atoms with Crippen LogP contribution in [0.25, 0.3) is 11.6 Å². The molecule has 4 aromatic heterocycles. The average molecular weight is 613 g/mol. The molecule has 4 heterocycles. The van der Waals surface area contributed by atoms with Crippen LogP contribution in [0, 0.1) is 32.6 Å². The third kappa shape index (κ3) is 4.30. The van der Waals surface area contributed by atoms with Gasteiger partial charge >= 0.3 is 21.1 Å². The summed E-state index contributed by atoms with van der Waals surface area (Å²) >= 11 is 0. The Balaban J connectivity index is 0.00000289. The van der Waals surface area contributed by atoms with Crippen LogP contribution in [-0.4, -0.2) is 39.4 Å². The van der Waals surface area contributed by atoms with Gasteiger partial charge in [0.05, 0.1) is 11.6 Å². The van der Waals surface area contributed by atoms with Gasteiger partial charge in [-0.3, -0.25) is 9.97 Å². The summed E-state index contributed by atoms with van der Waals surface area (Å²) in [4.78, 5) is 29.7. The van der Waals surface area contributed by atoms with Crippen LogP contribution in [0.15, 0.2) is 48.5 Å². The summed E-state index contributed by atoms with van der Waals surface area (Å²) in [6, 6.07) is 12.8. The summed E-state index contributed by atoms with van der Waals surface area (Å²) < 4.78 is 2.42. The molecule has 164 valence electrons. The first-order valence-electron chi connectivity index (χ1n) is 8.96. The Morgan fingerprint density at radius 3 is 1.56 bits per heavy atom. The summed E-state index contributed by atoms with van der Waals surface area (Å²) in [6.07, 6.45) is 5.36. The normalized spacial score (nSPS) is 11.1. The number of nitrogens with zero attached hydrogens (tertiary/aromatic N) is 8. The van der Waals surface area contributed by atoms with Gasteiger partial charge < -0.3 is 20.2 Å². The maximum absolute atomic E-state index is 10.9. The van der Waals surface area contributed by atoms with E-state index in [4.69, 9.17) is 0 Å². The molecule has 0 saturated carbocycles. The minimum atomic E-state index is -0.676. The molecule has 13 heteroatoms. The second-order valence-electron chi connectivity index (χ2n) is 6.99. The molecule has 0 bridgehead atoms.